The fraction of sp³-hybridized carbons (Fsp3) is 0.500. The molecule has 2 rings (SSSR count). The van der Waals surface area contributed by atoms with E-state index in [0.717, 1.165) is 5.56 Å². The number of carbonyl (C=O) groups excluding carboxylic acids is 1. The summed E-state index contributed by atoms with van der Waals surface area (Å²) in [5.74, 6) is -0.581. The molecule has 1 aromatic rings. The SMILES string of the molecule is CC(C)(C)CC(=O)N1[C@@H](c2ccccc2)SC[C@H]1C(=O)O. The lowest BCUT2D eigenvalue weighted by Crippen LogP contribution is -2.44. The van der Waals surface area contributed by atoms with Gasteiger partial charge >= 0.3 is 5.97 Å². The molecule has 0 radical (unpaired) electrons. The van der Waals surface area contributed by atoms with Crippen LogP contribution in [0.4, 0.5) is 0 Å². The van der Waals surface area contributed by atoms with Crippen LogP contribution in [0, 0.1) is 5.41 Å². The third kappa shape index (κ3) is 3.79. The van der Waals surface area contributed by atoms with E-state index >= 15 is 0 Å². The van der Waals surface area contributed by atoms with Crippen molar-refractivity contribution in [1.82, 2.24) is 4.90 Å². The minimum atomic E-state index is -0.928. The quantitative estimate of drug-likeness (QED) is 0.932. The molecule has 0 unspecified atom stereocenters. The number of rotatable bonds is 3. The van der Waals surface area contributed by atoms with Gasteiger partial charge < -0.3 is 10.0 Å². The zero-order chi connectivity index (χ0) is 15.6. The Morgan fingerprint density at radius 2 is 1.90 bits per heavy atom. The summed E-state index contributed by atoms with van der Waals surface area (Å²) < 4.78 is 0. The molecule has 1 aromatic carbocycles. The maximum atomic E-state index is 12.6. The van der Waals surface area contributed by atoms with Crippen LogP contribution >= 0.6 is 11.8 Å². The molecule has 0 bridgehead atoms. The van der Waals surface area contributed by atoms with E-state index in [-0.39, 0.29) is 16.7 Å². The first-order valence-electron chi connectivity index (χ1n) is 7.00. The summed E-state index contributed by atoms with van der Waals surface area (Å²) >= 11 is 1.52. The second kappa shape index (κ2) is 6.10. The normalized spacial score (nSPS) is 22.3. The van der Waals surface area contributed by atoms with Gasteiger partial charge in [0.05, 0.1) is 0 Å². The minimum absolute atomic E-state index is 0.0891. The minimum Gasteiger partial charge on any atom is -0.480 e. The topological polar surface area (TPSA) is 57.6 Å². The molecule has 0 spiro atoms. The second-order valence-electron chi connectivity index (χ2n) is 6.49. The Balaban J connectivity index is 2.29. The number of hydrogen-bond acceptors (Lipinski definition) is 3. The van der Waals surface area contributed by atoms with Crippen molar-refractivity contribution >= 4 is 23.6 Å². The van der Waals surface area contributed by atoms with E-state index in [1.54, 1.807) is 4.90 Å². The highest BCUT2D eigenvalue weighted by atomic mass is 32.2. The summed E-state index contributed by atoms with van der Waals surface area (Å²) in [5.41, 5.74) is 0.822. The molecule has 1 aliphatic heterocycles. The van der Waals surface area contributed by atoms with E-state index in [4.69, 9.17) is 0 Å². The molecule has 5 heteroatoms. The van der Waals surface area contributed by atoms with E-state index in [0.29, 0.717) is 12.2 Å². The number of thioether (sulfide) groups is 1. The Bertz CT molecular complexity index is 524. The van der Waals surface area contributed by atoms with Gasteiger partial charge in [-0.2, -0.15) is 0 Å². The van der Waals surface area contributed by atoms with Crippen molar-refractivity contribution in [2.75, 3.05) is 5.75 Å². The van der Waals surface area contributed by atoms with Crippen molar-refractivity contribution < 1.29 is 14.7 Å². The second-order valence-corrected chi connectivity index (χ2v) is 7.60. The monoisotopic (exact) mass is 307 g/mol. The number of amides is 1. The van der Waals surface area contributed by atoms with E-state index in [1.807, 2.05) is 51.1 Å². The Labute approximate surface area is 129 Å². The van der Waals surface area contributed by atoms with Crippen molar-refractivity contribution in [3.63, 3.8) is 0 Å². The maximum absolute atomic E-state index is 12.6. The van der Waals surface area contributed by atoms with E-state index in [1.165, 1.54) is 11.8 Å². The van der Waals surface area contributed by atoms with Crippen LogP contribution in [0.2, 0.25) is 0 Å². The van der Waals surface area contributed by atoms with Gasteiger partial charge in [0, 0.05) is 12.2 Å². The van der Waals surface area contributed by atoms with Gasteiger partial charge in [0.25, 0.3) is 0 Å². The summed E-state index contributed by atoms with van der Waals surface area (Å²) in [6, 6.07) is 8.89. The van der Waals surface area contributed by atoms with Gasteiger partial charge in [-0.05, 0) is 11.0 Å². The van der Waals surface area contributed by atoms with Crippen LogP contribution in [0.5, 0.6) is 0 Å². The number of hydrogen-bond donors (Lipinski definition) is 1. The van der Waals surface area contributed by atoms with Gasteiger partial charge in [0.1, 0.15) is 11.4 Å². The summed E-state index contributed by atoms with van der Waals surface area (Å²) in [6.07, 6.45) is 0.348. The lowest BCUT2D eigenvalue weighted by molar-refractivity contribution is -0.150. The van der Waals surface area contributed by atoms with Crippen LogP contribution < -0.4 is 0 Å². The lowest BCUT2D eigenvalue weighted by atomic mass is 9.91. The summed E-state index contributed by atoms with van der Waals surface area (Å²) in [6.45, 7) is 5.96. The van der Waals surface area contributed by atoms with Gasteiger partial charge in [-0.15, -0.1) is 11.8 Å². The Kier molecular flexibility index (Phi) is 4.61. The summed E-state index contributed by atoms with van der Waals surface area (Å²) in [5, 5.41) is 9.18. The van der Waals surface area contributed by atoms with E-state index in [2.05, 4.69) is 0 Å². The van der Waals surface area contributed by atoms with Gasteiger partial charge in [-0.1, -0.05) is 51.1 Å². The van der Waals surface area contributed by atoms with Gasteiger partial charge in [-0.3, -0.25) is 4.79 Å². The molecule has 0 saturated carbocycles. The molecule has 1 saturated heterocycles. The molecule has 1 heterocycles. The lowest BCUT2D eigenvalue weighted by Gasteiger charge is -2.30. The van der Waals surface area contributed by atoms with Crippen molar-refractivity contribution in [2.24, 2.45) is 5.41 Å². The third-order valence-corrected chi connectivity index (χ3v) is 4.66. The molecule has 1 fully saturated rings. The van der Waals surface area contributed by atoms with Crippen molar-refractivity contribution in [3.8, 4) is 0 Å². The van der Waals surface area contributed by atoms with Crippen LogP contribution in [0.15, 0.2) is 30.3 Å². The smallest absolute Gasteiger partial charge is 0.327 e. The van der Waals surface area contributed by atoms with Crippen LogP contribution in [0.1, 0.15) is 38.1 Å². The number of nitrogens with zero attached hydrogens (tertiary/aromatic N) is 1. The first kappa shape index (κ1) is 15.9. The molecule has 2 atom stereocenters. The van der Waals surface area contributed by atoms with Crippen LogP contribution in [-0.2, 0) is 9.59 Å². The van der Waals surface area contributed by atoms with Gasteiger partial charge in [-0.25, -0.2) is 4.79 Å². The molecular weight excluding hydrogens is 286 g/mol. The average Bonchev–Trinajstić information content (AvgIpc) is 2.82. The zero-order valence-corrected chi connectivity index (χ0v) is 13.4. The molecule has 21 heavy (non-hydrogen) atoms. The molecule has 0 aliphatic carbocycles. The van der Waals surface area contributed by atoms with Gasteiger partial charge in [0.15, 0.2) is 0 Å². The largest absolute Gasteiger partial charge is 0.480 e. The molecule has 4 nitrogen and oxygen atoms in total. The standard InChI is InChI=1S/C16H21NO3S/c1-16(2,3)9-13(18)17-12(15(19)20)10-21-14(17)11-7-5-4-6-8-11/h4-8,12,14H,9-10H2,1-3H3,(H,19,20)/t12-,14+/m0/s1. The molecule has 1 N–H and O–H groups in total. The Morgan fingerprint density at radius 3 is 2.43 bits per heavy atom. The highest BCUT2D eigenvalue weighted by Crippen LogP contribution is 2.42. The van der Waals surface area contributed by atoms with Gasteiger partial charge in [0.2, 0.25) is 5.91 Å². The van der Waals surface area contributed by atoms with Crippen molar-refractivity contribution in [3.05, 3.63) is 35.9 Å². The summed E-state index contributed by atoms with van der Waals surface area (Å²) in [7, 11) is 0. The van der Waals surface area contributed by atoms with Crippen molar-refractivity contribution in [1.29, 1.82) is 0 Å². The predicted octanol–water partition coefficient (Wildman–Crippen LogP) is 3.15. The molecule has 1 amide bonds. The highest BCUT2D eigenvalue weighted by Gasteiger charge is 2.42. The number of carboxylic acid groups (broad SMARTS) is 1. The first-order valence-corrected chi connectivity index (χ1v) is 8.05. The molecule has 0 aromatic heterocycles. The number of benzene rings is 1. The summed E-state index contributed by atoms with van der Waals surface area (Å²) in [4.78, 5) is 25.6. The predicted molar refractivity (Wildman–Crippen MR) is 84.0 cm³/mol. The van der Waals surface area contributed by atoms with E-state index < -0.39 is 12.0 Å². The van der Waals surface area contributed by atoms with Crippen LogP contribution in [-0.4, -0.2) is 33.7 Å². The number of carbonyl (C=O) groups is 2. The molecule has 1 aliphatic rings. The maximum Gasteiger partial charge on any atom is 0.327 e. The van der Waals surface area contributed by atoms with Crippen molar-refractivity contribution in [2.45, 2.75) is 38.6 Å². The van der Waals surface area contributed by atoms with Crippen LogP contribution in [0.3, 0.4) is 0 Å². The Hall–Kier alpha value is -1.49. The van der Waals surface area contributed by atoms with E-state index in [9.17, 15) is 14.7 Å². The first-order chi connectivity index (χ1) is 9.79. The molecular formula is C16H21NO3S. The highest BCUT2D eigenvalue weighted by molar-refractivity contribution is 7.99. The average molecular weight is 307 g/mol. The Morgan fingerprint density at radius 1 is 1.29 bits per heavy atom. The fourth-order valence-corrected chi connectivity index (χ4v) is 3.86. The number of carboxylic acids is 1. The zero-order valence-electron chi connectivity index (χ0n) is 12.6. The third-order valence-electron chi connectivity index (χ3n) is 3.34. The fourth-order valence-electron chi connectivity index (χ4n) is 2.42. The molecule has 114 valence electrons. The number of aliphatic carboxylic acids is 1. The van der Waals surface area contributed by atoms with Crippen LogP contribution in [0.25, 0.3) is 0 Å².